The number of halogens is 1. The van der Waals surface area contributed by atoms with Crippen LogP contribution in [-0.4, -0.2) is 11.1 Å². The van der Waals surface area contributed by atoms with Gasteiger partial charge in [0.2, 0.25) is 0 Å². The predicted octanol–water partition coefficient (Wildman–Crippen LogP) is 3.80. The van der Waals surface area contributed by atoms with E-state index >= 15 is 0 Å². The van der Waals surface area contributed by atoms with Crippen LogP contribution < -0.4 is 10.5 Å². The highest BCUT2D eigenvalue weighted by molar-refractivity contribution is 9.10. The number of benzene rings is 2. The lowest BCUT2D eigenvalue weighted by atomic mass is 10.0. The SMILES string of the molecule is CCC(N)C(Oc1cccc(CO)c1)c1ccccc1Br. The maximum absolute atomic E-state index is 9.22. The minimum absolute atomic E-state index is 0.00324. The van der Waals surface area contributed by atoms with Crippen molar-refractivity contribution in [3.63, 3.8) is 0 Å². The molecule has 0 bridgehead atoms. The van der Waals surface area contributed by atoms with Crippen LogP contribution in [0.15, 0.2) is 53.0 Å². The molecule has 0 aliphatic carbocycles. The van der Waals surface area contributed by atoms with Crippen LogP contribution in [0, 0.1) is 0 Å². The Kier molecular flexibility index (Phi) is 5.79. The van der Waals surface area contributed by atoms with E-state index in [4.69, 9.17) is 10.5 Å². The van der Waals surface area contributed by atoms with Crippen LogP contribution in [0.3, 0.4) is 0 Å². The van der Waals surface area contributed by atoms with Gasteiger partial charge in [-0.05, 0) is 30.2 Å². The van der Waals surface area contributed by atoms with Gasteiger partial charge in [-0.3, -0.25) is 0 Å². The third-order valence-corrected chi connectivity index (χ3v) is 4.14. The van der Waals surface area contributed by atoms with E-state index < -0.39 is 0 Å². The highest BCUT2D eigenvalue weighted by atomic mass is 79.9. The summed E-state index contributed by atoms with van der Waals surface area (Å²) in [6.07, 6.45) is 0.575. The second-order valence-corrected chi connectivity index (χ2v) is 5.79. The molecule has 2 unspecified atom stereocenters. The summed E-state index contributed by atoms with van der Waals surface area (Å²) >= 11 is 3.56. The van der Waals surface area contributed by atoms with Crippen LogP contribution in [0.25, 0.3) is 0 Å². The molecular formula is C17H20BrNO2. The van der Waals surface area contributed by atoms with Crippen molar-refractivity contribution in [2.45, 2.75) is 32.1 Å². The van der Waals surface area contributed by atoms with Crippen molar-refractivity contribution >= 4 is 15.9 Å². The molecule has 0 spiro atoms. The van der Waals surface area contributed by atoms with E-state index in [0.717, 1.165) is 22.0 Å². The highest BCUT2D eigenvalue weighted by Gasteiger charge is 2.22. The summed E-state index contributed by atoms with van der Waals surface area (Å²) in [5.41, 5.74) is 8.09. The van der Waals surface area contributed by atoms with Crippen LogP contribution in [0.5, 0.6) is 5.75 Å². The summed E-state index contributed by atoms with van der Waals surface area (Å²) < 4.78 is 7.09. The third kappa shape index (κ3) is 4.06. The molecule has 0 saturated carbocycles. The van der Waals surface area contributed by atoms with Crippen LogP contribution in [0.1, 0.15) is 30.6 Å². The Morgan fingerprint density at radius 2 is 1.95 bits per heavy atom. The van der Waals surface area contributed by atoms with Gasteiger partial charge < -0.3 is 15.6 Å². The zero-order chi connectivity index (χ0) is 15.2. The molecule has 2 rings (SSSR count). The Morgan fingerprint density at radius 1 is 1.19 bits per heavy atom. The lowest BCUT2D eigenvalue weighted by molar-refractivity contribution is 0.169. The van der Waals surface area contributed by atoms with Gasteiger partial charge in [-0.15, -0.1) is 0 Å². The number of nitrogens with two attached hydrogens (primary N) is 1. The van der Waals surface area contributed by atoms with Gasteiger partial charge in [0.25, 0.3) is 0 Å². The molecule has 112 valence electrons. The maximum Gasteiger partial charge on any atom is 0.140 e. The molecule has 0 amide bonds. The second kappa shape index (κ2) is 7.59. The van der Waals surface area contributed by atoms with Gasteiger partial charge in [0.15, 0.2) is 0 Å². The molecule has 0 fully saturated rings. The number of ether oxygens (including phenoxy) is 1. The lowest BCUT2D eigenvalue weighted by Crippen LogP contribution is -2.31. The monoisotopic (exact) mass is 349 g/mol. The van der Waals surface area contributed by atoms with Crippen LogP contribution in [-0.2, 0) is 6.61 Å². The largest absolute Gasteiger partial charge is 0.484 e. The number of rotatable bonds is 6. The minimum Gasteiger partial charge on any atom is -0.484 e. The summed E-state index contributed by atoms with van der Waals surface area (Å²) in [4.78, 5) is 0. The van der Waals surface area contributed by atoms with E-state index in [2.05, 4.69) is 15.9 Å². The molecule has 0 aromatic heterocycles. The van der Waals surface area contributed by atoms with Crippen molar-refractivity contribution in [1.82, 2.24) is 0 Å². The van der Waals surface area contributed by atoms with Gasteiger partial charge in [0.1, 0.15) is 11.9 Å². The summed E-state index contributed by atoms with van der Waals surface area (Å²) in [6, 6.07) is 15.3. The molecule has 2 atom stereocenters. The molecule has 0 saturated heterocycles. The smallest absolute Gasteiger partial charge is 0.140 e. The molecule has 2 aromatic rings. The van der Waals surface area contributed by atoms with Gasteiger partial charge >= 0.3 is 0 Å². The standard InChI is InChI=1S/C17H20BrNO2/c1-2-16(19)17(14-8-3-4-9-15(14)18)21-13-7-5-6-12(10-13)11-20/h3-10,16-17,20H,2,11,19H2,1H3. The summed E-state index contributed by atoms with van der Waals surface area (Å²) in [5.74, 6) is 0.714. The normalized spacial score (nSPS) is 13.7. The van der Waals surface area contributed by atoms with Crippen molar-refractivity contribution in [1.29, 1.82) is 0 Å². The molecule has 0 heterocycles. The van der Waals surface area contributed by atoms with Crippen LogP contribution in [0.2, 0.25) is 0 Å². The van der Waals surface area contributed by atoms with Crippen molar-refractivity contribution in [3.05, 3.63) is 64.1 Å². The van der Waals surface area contributed by atoms with Gasteiger partial charge in [-0.1, -0.05) is 53.2 Å². The van der Waals surface area contributed by atoms with Crippen LogP contribution in [0.4, 0.5) is 0 Å². The maximum atomic E-state index is 9.22. The van der Waals surface area contributed by atoms with E-state index in [1.165, 1.54) is 0 Å². The van der Waals surface area contributed by atoms with Gasteiger partial charge in [0.05, 0.1) is 6.61 Å². The fourth-order valence-corrected chi connectivity index (χ4v) is 2.68. The molecule has 3 N–H and O–H groups in total. The first-order chi connectivity index (χ1) is 10.2. The van der Waals surface area contributed by atoms with E-state index in [9.17, 15) is 5.11 Å². The predicted molar refractivity (Wildman–Crippen MR) is 88.1 cm³/mol. The zero-order valence-electron chi connectivity index (χ0n) is 12.0. The van der Waals surface area contributed by atoms with E-state index in [-0.39, 0.29) is 18.8 Å². The average molecular weight is 350 g/mol. The molecule has 0 radical (unpaired) electrons. The highest BCUT2D eigenvalue weighted by Crippen LogP contribution is 2.30. The fourth-order valence-electron chi connectivity index (χ4n) is 2.17. The van der Waals surface area contributed by atoms with E-state index in [1.807, 2.05) is 55.5 Å². The Balaban J connectivity index is 2.31. The number of hydrogen-bond acceptors (Lipinski definition) is 3. The Hall–Kier alpha value is -1.36. The second-order valence-electron chi connectivity index (χ2n) is 4.94. The minimum atomic E-state index is -0.237. The summed E-state index contributed by atoms with van der Waals surface area (Å²) in [6.45, 7) is 2.04. The van der Waals surface area contributed by atoms with E-state index in [1.54, 1.807) is 0 Å². The molecule has 0 aliphatic rings. The zero-order valence-corrected chi connectivity index (χ0v) is 13.6. The number of aliphatic hydroxyl groups excluding tert-OH is 1. The van der Waals surface area contributed by atoms with Gasteiger partial charge in [0, 0.05) is 16.1 Å². The van der Waals surface area contributed by atoms with Crippen molar-refractivity contribution in [3.8, 4) is 5.75 Å². The van der Waals surface area contributed by atoms with Gasteiger partial charge in [-0.2, -0.15) is 0 Å². The molecule has 4 heteroatoms. The van der Waals surface area contributed by atoms with Crippen molar-refractivity contribution in [2.75, 3.05) is 0 Å². The first-order valence-electron chi connectivity index (χ1n) is 7.02. The van der Waals surface area contributed by atoms with Crippen molar-refractivity contribution in [2.24, 2.45) is 5.73 Å². The van der Waals surface area contributed by atoms with Crippen LogP contribution >= 0.6 is 15.9 Å². The van der Waals surface area contributed by atoms with Crippen molar-refractivity contribution < 1.29 is 9.84 Å². The number of aliphatic hydroxyl groups is 1. The third-order valence-electron chi connectivity index (χ3n) is 3.42. The Bertz CT molecular complexity index is 589. The Morgan fingerprint density at radius 3 is 2.62 bits per heavy atom. The topological polar surface area (TPSA) is 55.5 Å². The summed E-state index contributed by atoms with van der Waals surface area (Å²) in [7, 11) is 0. The quantitative estimate of drug-likeness (QED) is 0.833. The molecule has 21 heavy (non-hydrogen) atoms. The van der Waals surface area contributed by atoms with E-state index in [0.29, 0.717) is 5.75 Å². The lowest BCUT2D eigenvalue weighted by Gasteiger charge is -2.26. The molecule has 2 aromatic carbocycles. The molecular weight excluding hydrogens is 330 g/mol. The van der Waals surface area contributed by atoms with Gasteiger partial charge in [-0.25, -0.2) is 0 Å². The Labute approximate surface area is 133 Å². The first-order valence-corrected chi connectivity index (χ1v) is 7.81. The summed E-state index contributed by atoms with van der Waals surface area (Å²) in [5, 5.41) is 9.22. The number of hydrogen-bond donors (Lipinski definition) is 2. The molecule has 3 nitrogen and oxygen atoms in total. The average Bonchev–Trinajstić information content (AvgIpc) is 2.53. The first kappa shape index (κ1) is 16.0. The molecule has 0 aliphatic heterocycles. The fraction of sp³-hybridized carbons (Fsp3) is 0.294.